The van der Waals surface area contributed by atoms with E-state index < -0.39 is 26.6 Å². The largest absolute Gasteiger partial charge is 0.330 e. The molecule has 0 aliphatic carbocycles. The normalized spacial score (nSPS) is 20.4. The van der Waals surface area contributed by atoms with Crippen LogP contribution in [0.4, 0.5) is 8.78 Å². The highest BCUT2D eigenvalue weighted by Gasteiger charge is 2.31. The van der Waals surface area contributed by atoms with Crippen LogP contribution in [-0.4, -0.2) is 32.4 Å². The Hall–Kier alpha value is -0.760. The highest BCUT2D eigenvalue weighted by atomic mass is 35.5. The maximum Gasteiger partial charge on any atom is 0.245 e. The maximum absolute atomic E-state index is 13.6. The van der Waals surface area contributed by atoms with Crippen molar-refractivity contribution in [3.63, 3.8) is 0 Å². The van der Waals surface area contributed by atoms with Gasteiger partial charge in [0.2, 0.25) is 10.0 Å². The molecule has 0 aromatic heterocycles. The summed E-state index contributed by atoms with van der Waals surface area (Å²) in [5.74, 6) is -1.77. The van der Waals surface area contributed by atoms with Crippen molar-refractivity contribution in [2.24, 2.45) is 11.7 Å². The minimum Gasteiger partial charge on any atom is -0.330 e. The second kappa shape index (κ2) is 6.80. The molecule has 0 amide bonds. The van der Waals surface area contributed by atoms with Crippen LogP contribution < -0.4 is 5.73 Å². The molecule has 2 rings (SSSR count). The number of nitrogens with zero attached hydrogens (tertiary/aromatic N) is 1. The van der Waals surface area contributed by atoms with Crippen LogP contribution >= 0.6 is 12.4 Å². The Balaban J connectivity index is 0.00000200. The maximum atomic E-state index is 13.6. The van der Waals surface area contributed by atoms with Crippen LogP contribution in [0.1, 0.15) is 12.8 Å². The Morgan fingerprint density at radius 3 is 2.65 bits per heavy atom. The lowest BCUT2D eigenvalue weighted by atomic mass is 10.0. The van der Waals surface area contributed by atoms with E-state index in [9.17, 15) is 17.2 Å². The molecule has 1 aliphatic heterocycles. The topological polar surface area (TPSA) is 63.4 Å². The molecule has 1 heterocycles. The van der Waals surface area contributed by atoms with Crippen molar-refractivity contribution in [3.8, 4) is 0 Å². The third-order valence-electron chi connectivity index (χ3n) is 3.33. The molecule has 8 heteroatoms. The number of sulfonamides is 1. The summed E-state index contributed by atoms with van der Waals surface area (Å²) in [5.41, 5.74) is 5.55. The summed E-state index contributed by atoms with van der Waals surface area (Å²) in [6.45, 7) is 1.03. The SMILES string of the molecule is Cl.NCC1CCCN(S(=O)(=O)c2ccc(F)cc2F)C1. The number of hydrogen-bond acceptors (Lipinski definition) is 3. The van der Waals surface area contributed by atoms with Gasteiger partial charge in [0.1, 0.15) is 16.5 Å². The summed E-state index contributed by atoms with van der Waals surface area (Å²) in [6, 6.07) is 2.49. The quantitative estimate of drug-likeness (QED) is 0.920. The lowest BCUT2D eigenvalue weighted by molar-refractivity contribution is 0.270. The molecule has 2 N–H and O–H groups in total. The van der Waals surface area contributed by atoms with Crippen molar-refractivity contribution in [2.45, 2.75) is 17.7 Å². The molecular formula is C12H17ClF2N2O2S. The first-order valence-electron chi connectivity index (χ1n) is 6.10. The Bertz CT molecular complexity index is 569. The van der Waals surface area contributed by atoms with Crippen LogP contribution in [0.3, 0.4) is 0 Å². The molecule has 1 aromatic carbocycles. The van der Waals surface area contributed by atoms with Gasteiger partial charge in [0.05, 0.1) is 0 Å². The third-order valence-corrected chi connectivity index (χ3v) is 5.23. The summed E-state index contributed by atoms with van der Waals surface area (Å²) in [4.78, 5) is -0.480. The van der Waals surface area contributed by atoms with Crippen molar-refractivity contribution < 1.29 is 17.2 Å². The smallest absolute Gasteiger partial charge is 0.245 e. The van der Waals surface area contributed by atoms with Gasteiger partial charge in [-0.2, -0.15) is 4.31 Å². The van der Waals surface area contributed by atoms with E-state index in [0.717, 1.165) is 18.6 Å². The van der Waals surface area contributed by atoms with Gasteiger partial charge in [0.25, 0.3) is 0 Å². The van der Waals surface area contributed by atoms with E-state index in [0.29, 0.717) is 25.6 Å². The molecule has 0 saturated carbocycles. The molecule has 1 unspecified atom stereocenters. The van der Waals surface area contributed by atoms with E-state index in [1.165, 1.54) is 4.31 Å². The molecule has 0 bridgehead atoms. The monoisotopic (exact) mass is 326 g/mol. The van der Waals surface area contributed by atoms with Crippen molar-refractivity contribution in [3.05, 3.63) is 29.8 Å². The molecule has 20 heavy (non-hydrogen) atoms. The predicted molar refractivity (Wildman–Crippen MR) is 74.1 cm³/mol. The van der Waals surface area contributed by atoms with Gasteiger partial charge in [-0.25, -0.2) is 17.2 Å². The highest BCUT2D eigenvalue weighted by Crippen LogP contribution is 2.25. The fourth-order valence-corrected chi connectivity index (χ4v) is 3.86. The van der Waals surface area contributed by atoms with Gasteiger partial charge in [-0.1, -0.05) is 0 Å². The Morgan fingerprint density at radius 1 is 1.35 bits per heavy atom. The summed E-state index contributed by atoms with van der Waals surface area (Å²) >= 11 is 0. The molecule has 0 spiro atoms. The summed E-state index contributed by atoms with van der Waals surface area (Å²) < 4.78 is 52.3. The molecule has 4 nitrogen and oxygen atoms in total. The first kappa shape index (κ1) is 17.3. The van der Waals surface area contributed by atoms with Crippen LogP contribution in [-0.2, 0) is 10.0 Å². The predicted octanol–water partition coefficient (Wildman–Crippen LogP) is 1.75. The molecule has 1 aromatic rings. The summed E-state index contributed by atoms with van der Waals surface area (Å²) in [6.07, 6.45) is 1.57. The van der Waals surface area contributed by atoms with E-state index in [4.69, 9.17) is 5.73 Å². The number of hydrogen-bond donors (Lipinski definition) is 1. The van der Waals surface area contributed by atoms with Gasteiger partial charge >= 0.3 is 0 Å². The number of nitrogens with two attached hydrogens (primary N) is 1. The molecule has 0 radical (unpaired) electrons. The molecule has 1 fully saturated rings. The zero-order valence-electron chi connectivity index (χ0n) is 10.8. The van der Waals surface area contributed by atoms with Crippen LogP contribution in [0.5, 0.6) is 0 Å². The van der Waals surface area contributed by atoms with Crippen LogP contribution in [0.15, 0.2) is 23.1 Å². The first-order chi connectivity index (χ1) is 8.95. The minimum atomic E-state index is -3.92. The van der Waals surface area contributed by atoms with E-state index in [1.807, 2.05) is 0 Å². The highest BCUT2D eigenvalue weighted by molar-refractivity contribution is 7.89. The van der Waals surface area contributed by atoms with Crippen molar-refractivity contribution in [2.75, 3.05) is 19.6 Å². The number of benzene rings is 1. The standard InChI is InChI=1S/C12H16F2N2O2S.ClH/c13-10-3-4-12(11(14)6-10)19(17,18)16-5-1-2-9(7-15)8-16;/h3-4,6,9H,1-2,5,7-8,15H2;1H. The Labute approximate surface area is 123 Å². The Kier molecular flexibility index (Phi) is 5.88. The second-order valence-electron chi connectivity index (χ2n) is 4.68. The van der Waals surface area contributed by atoms with Crippen LogP contribution in [0.25, 0.3) is 0 Å². The third kappa shape index (κ3) is 3.46. The lowest BCUT2D eigenvalue weighted by Gasteiger charge is -2.31. The summed E-state index contributed by atoms with van der Waals surface area (Å²) in [7, 11) is -3.92. The van der Waals surface area contributed by atoms with Gasteiger partial charge in [-0.3, -0.25) is 0 Å². The lowest BCUT2D eigenvalue weighted by Crippen LogP contribution is -2.42. The number of halogens is 3. The van der Waals surface area contributed by atoms with Crippen molar-refractivity contribution in [1.82, 2.24) is 4.31 Å². The minimum absolute atomic E-state index is 0. The van der Waals surface area contributed by atoms with E-state index in [2.05, 4.69) is 0 Å². The van der Waals surface area contributed by atoms with E-state index in [1.54, 1.807) is 0 Å². The van der Waals surface area contributed by atoms with Gasteiger partial charge in [-0.05, 0) is 37.4 Å². The van der Waals surface area contributed by atoms with Crippen LogP contribution in [0, 0.1) is 17.6 Å². The zero-order chi connectivity index (χ0) is 14.0. The van der Waals surface area contributed by atoms with Crippen molar-refractivity contribution >= 4 is 22.4 Å². The van der Waals surface area contributed by atoms with E-state index >= 15 is 0 Å². The fraction of sp³-hybridized carbons (Fsp3) is 0.500. The van der Waals surface area contributed by atoms with E-state index in [-0.39, 0.29) is 24.9 Å². The number of rotatable bonds is 3. The average molecular weight is 327 g/mol. The van der Waals surface area contributed by atoms with Gasteiger partial charge in [-0.15, -0.1) is 12.4 Å². The van der Waals surface area contributed by atoms with Crippen molar-refractivity contribution in [1.29, 1.82) is 0 Å². The summed E-state index contributed by atoms with van der Waals surface area (Å²) in [5, 5.41) is 0. The zero-order valence-corrected chi connectivity index (χ0v) is 12.4. The van der Waals surface area contributed by atoms with Gasteiger partial charge in [0, 0.05) is 19.2 Å². The fourth-order valence-electron chi connectivity index (χ4n) is 2.26. The first-order valence-corrected chi connectivity index (χ1v) is 7.54. The molecule has 1 aliphatic rings. The molecular weight excluding hydrogens is 310 g/mol. The molecule has 114 valence electrons. The Morgan fingerprint density at radius 2 is 2.05 bits per heavy atom. The van der Waals surface area contributed by atoms with Gasteiger partial charge < -0.3 is 5.73 Å². The molecule has 1 atom stereocenters. The van der Waals surface area contributed by atoms with Gasteiger partial charge in [0.15, 0.2) is 0 Å². The number of piperidine rings is 1. The average Bonchev–Trinajstić information content (AvgIpc) is 2.38. The second-order valence-corrected chi connectivity index (χ2v) is 6.59. The molecule has 1 saturated heterocycles. The van der Waals surface area contributed by atoms with Crippen LogP contribution in [0.2, 0.25) is 0 Å².